The van der Waals surface area contributed by atoms with Gasteiger partial charge in [-0.05, 0) is 48.8 Å². The molecule has 2 unspecified atom stereocenters. The van der Waals surface area contributed by atoms with Gasteiger partial charge in [-0.15, -0.1) is 0 Å². The van der Waals surface area contributed by atoms with Gasteiger partial charge in [0, 0.05) is 11.7 Å². The van der Waals surface area contributed by atoms with Crippen molar-refractivity contribution in [3.63, 3.8) is 0 Å². The Balaban J connectivity index is 1.68. The van der Waals surface area contributed by atoms with Gasteiger partial charge in [0.1, 0.15) is 0 Å². The molecule has 2 aliphatic rings. The third kappa shape index (κ3) is 3.81. The maximum Gasteiger partial charge on any atom is 0.0345 e. The first-order valence-corrected chi connectivity index (χ1v) is 9.22. The van der Waals surface area contributed by atoms with Gasteiger partial charge in [-0.1, -0.05) is 64.0 Å². The molecule has 1 aromatic rings. The summed E-state index contributed by atoms with van der Waals surface area (Å²) in [6.07, 6.45) is 14.2. The quantitative estimate of drug-likeness (QED) is 0.737. The molecule has 2 atom stereocenters. The third-order valence-electron chi connectivity index (χ3n) is 5.76. The topological polar surface area (TPSA) is 12.0 Å². The fraction of sp³-hybridized carbons (Fsp3) is 0.700. The third-order valence-corrected chi connectivity index (χ3v) is 5.76. The normalized spacial score (nSPS) is 27.5. The predicted octanol–water partition coefficient (Wildman–Crippen LogP) is 5.80. The first-order chi connectivity index (χ1) is 10.4. The van der Waals surface area contributed by atoms with E-state index < -0.39 is 0 Å². The zero-order chi connectivity index (χ0) is 14.5. The van der Waals surface area contributed by atoms with E-state index in [9.17, 15) is 0 Å². The van der Waals surface area contributed by atoms with Crippen molar-refractivity contribution in [3.05, 3.63) is 29.8 Å². The summed E-state index contributed by atoms with van der Waals surface area (Å²) in [5.74, 6) is 1.91. The Morgan fingerprint density at radius 1 is 0.952 bits per heavy atom. The average Bonchev–Trinajstić information content (AvgIpc) is 2.56. The largest absolute Gasteiger partial charge is 0.382 e. The Morgan fingerprint density at radius 3 is 2.52 bits per heavy atom. The standard InChI is InChI=1S/C20H31N/c1-2-16-9-8-12-18(15-16)21-20-14-7-6-13-19(20)17-10-4-3-5-11-17/h8-9,12,15,17,19-21H,2-7,10-11,13-14H2,1H3. The molecule has 0 aliphatic heterocycles. The highest BCUT2D eigenvalue weighted by atomic mass is 14.9. The van der Waals surface area contributed by atoms with Crippen molar-refractivity contribution >= 4 is 5.69 Å². The second-order valence-corrected chi connectivity index (χ2v) is 7.15. The molecule has 0 amide bonds. The molecule has 21 heavy (non-hydrogen) atoms. The predicted molar refractivity (Wildman–Crippen MR) is 91.8 cm³/mol. The highest BCUT2D eigenvalue weighted by Crippen LogP contribution is 2.39. The van der Waals surface area contributed by atoms with Crippen molar-refractivity contribution < 1.29 is 0 Å². The first kappa shape index (κ1) is 14.9. The summed E-state index contributed by atoms with van der Waals surface area (Å²) >= 11 is 0. The van der Waals surface area contributed by atoms with Crippen LogP contribution in [0.2, 0.25) is 0 Å². The van der Waals surface area contributed by atoms with Crippen LogP contribution in [0.1, 0.15) is 70.3 Å². The van der Waals surface area contributed by atoms with Gasteiger partial charge in [-0.3, -0.25) is 0 Å². The zero-order valence-corrected chi connectivity index (χ0v) is 13.6. The van der Waals surface area contributed by atoms with Gasteiger partial charge in [0.2, 0.25) is 0 Å². The molecular formula is C20H31N. The maximum atomic E-state index is 3.90. The molecule has 0 aromatic heterocycles. The molecule has 116 valence electrons. The molecule has 1 heteroatoms. The summed E-state index contributed by atoms with van der Waals surface area (Å²) < 4.78 is 0. The van der Waals surface area contributed by atoms with Gasteiger partial charge in [-0.2, -0.15) is 0 Å². The lowest BCUT2D eigenvalue weighted by Crippen LogP contribution is -2.37. The van der Waals surface area contributed by atoms with Gasteiger partial charge < -0.3 is 5.32 Å². The summed E-state index contributed by atoms with van der Waals surface area (Å²) in [5, 5.41) is 3.90. The SMILES string of the molecule is CCc1cccc(NC2CCCCC2C2CCCCC2)c1. The zero-order valence-electron chi connectivity index (χ0n) is 13.6. The van der Waals surface area contributed by atoms with Crippen molar-refractivity contribution in [1.82, 2.24) is 0 Å². The fourth-order valence-electron chi connectivity index (χ4n) is 4.56. The van der Waals surface area contributed by atoms with Gasteiger partial charge >= 0.3 is 0 Å². The molecule has 2 fully saturated rings. The molecule has 0 spiro atoms. The molecule has 2 saturated carbocycles. The van der Waals surface area contributed by atoms with E-state index in [1.54, 1.807) is 0 Å². The lowest BCUT2D eigenvalue weighted by molar-refractivity contribution is 0.180. The van der Waals surface area contributed by atoms with Crippen molar-refractivity contribution in [2.24, 2.45) is 11.8 Å². The number of benzene rings is 1. The van der Waals surface area contributed by atoms with E-state index in [0.29, 0.717) is 6.04 Å². The van der Waals surface area contributed by atoms with E-state index in [-0.39, 0.29) is 0 Å². The Hall–Kier alpha value is -0.980. The van der Waals surface area contributed by atoms with Crippen molar-refractivity contribution in [2.75, 3.05) is 5.32 Å². The van der Waals surface area contributed by atoms with E-state index in [1.807, 2.05) is 0 Å². The fourth-order valence-corrected chi connectivity index (χ4v) is 4.56. The smallest absolute Gasteiger partial charge is 0.0345 e. The second-order valence-electron chi connectivity index (χ2n) is 7.15. The van der Waals surface area contributed by atoms with Gasteiger partial charge in [0.25, 0.3) is 0 Å². The number of rotatable bonds is 4. The number of hydrogen-bond donors (Lipinski definition) is 1. The van der Waals surface area contributed by atoms with Crippen LogP contribution in [-0.2, 0) is 6.42 Å². The van der Waals surface area contributed by atoms with Crippen molar-refractivity contribution in [1.29, 1.82) is 0 Å². The van der Waals surface area contributed by atoms with Crippen molar-refractivity contribution in [2.45, 2.75) is 77.2 Å². The van der Waals surface area contributed by atoms with Crippen LogP contribution >= 0.6 is 0 Å². The molecule has 0 heterocycles. The molecular weight excluding hydrogens is 254 g/mol. The minimum absolute atomic E-state index is 0.717. The minimum atomic E-state index is 0.717. The van der Waals surface area contributed by atoms with E-state index in [4.69, 9.17) is 0 Å². The maximum absolute atomic E-state index is 3.90. The van der Waals surface area contributed by atoms with E-state index in [0.717, 1.165) is 18.3 Å². The van der Waals surface area contributed by atoms with Crippen LogP contribution in [0.3, 0.4) is 0 Å². The van der Waals surface area contributed by atoms with Crippen LogP contribution in [0.25, 0.3) is 0 Å². The van der Waals surface area contributed by atoms with Gasteiger partial charge in [0.05, 0.1) is 0 Å². The molecule has 1 nitrogen and oxygen atoms in total. The number of aryl methyl sites for hydroxylation is 1. The number of nitrogens with one attached hydrogen (secondary N) is 1. The van der Waals surface area contributed by atoms with E-state index in [2.05, 4.69) is 36.5 Å². The summed E-state index contributed by atoms with van der Waals surface area (Å²) in [7, 11) is 0. The second kappa shape index (κ2) is 7.33. The molecule has 1 aromatic carbocycles. The lowest BCUT2D eigenvalue weighted by Gasteiger charge is -2.40. The summed E-state index contributed by atoms with van der Waals surface area (Å²) in [6.45, 7) is 2.24. The van der Waals surface area contributed by atoms with Gasteiger partial charge in [0.15, 0.2) is 0 Å². The molecule has 0 radical (unpaired) electrons. The Labute approximate surface area is 130 Å². The Kier molecular flexibility index (Phi) is 5.22. The van der Waals surface area contributed by atoms with Crippen LogP contribution < -0.4 is 5.32 Å². The summed E-state index contributed by atoms with van der Waals surface area (Å²) in [6, 6.07) is 9.77. The monoisotopic (exact) mass is 285 g/mol. The Morgan fingerprint density at radius 2 is 1.71 bits per heavy atom. The molecule has 0 bridgehead atoms. The van der Waals surface area contributed by atoms with Crippen LogP contribution in [0.5, 0.6) is 0 Å². The summed E-state index contributed by atoms with van der Waals surface area (Å²) in [5.41, 5.74) is 2.80. The highest BCUT2D eigenvalue weighted by Gasteiger charge is 2.32. The van der Waals surface area contributed by atoms with Gasteiger partial charge in [-0.25, -0.2) is 0 Å². The van der Waals surface area contributed by atoms with E-state index in [1.165, 1.54) is 69.0 Å². The van der Waals surface area contributed by atoms with E-state index >= 15 is 0 Å². The van der Waals surface area contributed by atoms with Crippen molar-refractivity contribution in [3.8, 4) is 0 Å². The van der Waals surface area contributed by atoms with Crippen LogP contribution in [0.4, 0.5) is 5.69 Å². The lowest BCUT2D eigenvalue weighted by atomic mass is 9.71. The molecule has 0 saturated heterocycles. The van der Waals surface area contributed by atoms with Crippen LogP contribution in [0, 0.1) is 11.8 Å². The average molecular weight is 285 g/mol. The summed E-state index contributed by atoms with van der Waals surface area (Å²) in [4.78, 5) is 0. The first-order valence-electron chi connectivity index (χ1n) is 9.22. The highest BCUT2D eigenvalue weighted by molar-refractivity contribution is 5.46. The number of anilines is 1. The molecule has 1 N–H and O–H groups in total. The Bertz CT molecular complexity index is 433. The van der Waals surface area contributed by atoms with Crippen LogP contribution in [-0.4, -0.2) is 6.04 Å². The number of hydrogen-bond acceptors (Lipinski definition) is 1. The minimum Gasteiger partial charge on any atom is -0.382 e. The molecule has 2 aliphatic carbocycles. The van der Waals surface area contributed by atoms with Crippen LogP contribution in [0.15, 0.2) is 24.3 Å². The molecule has 3 rings (SSSR count).